The zero-order valence-corrected chi connectivity index (χ0v) is 18.1. The molecule has 0 saturated carbocycles. The highest BCUT2D eigenvalue weighted by Crippen LogP contribution is 2.24. The number of nitrogens with one attached hydrogen (secondary N) is 1. The number of hydrogen-bond acceptors (Lipinski definition) is 9. The Morgan fingerprint density at radius 2 is 2.03 bits per heavy atom. The number of anilines is 3. The first-order chi connectivity index (χ1) is 15.8. The molecule has 0 aliphatic rings. The zero-order valence-electron chi connectivity index (χ0n) is 17.3. The molecule has 3 heterocycles. The van der Waals surface area contributed by atoms with Crippen molar-refractivity contribution in [3.63, 3.8) is 0 Å². The van der Waals surface area contributed by atoms with Gasteiger partial charge in [0.2, 0.25) is 5.95 Å². The lowest BCUT2D eigenvalue weighted by Crippen LogP contribution is -2.26. The number of pyridine rings is 1. The molecule has 0 spiro atoms. The lowest BCUT2D eigenvalue weighted by molar-refractivity contribution is 0.629. The largest absolute Gasteiger partial charge is 0.382 e. The van der Waals surface area contributed by atoms with Crippen LogP contribution in [0.25, 0.3) is 16.6 Å². The van der Waals surface area contributed by atoms with Gasteiger partial charge in [0, 0.05) is 19.2 Å². The van der Waals surface area contributed by atoms with Crippen LogP contribution in [0, 0.1) is 24.1 Å². The summed E-state index contributed by atoms with van der Waals surface area (Å²) in [6.45, 7) is 2.03. The Labute approximate surface area is 191 Å². The van der Waals surface area contributed by atoms with Gasteiger partial charge in [0.25, 0.3) is 5.56 Å². The molecule has 0 fully saturated rings. The summed E-state index contributed by atoms with van der Waals surface area (Å²) in [4.78, 5) is 29.9. The minimum atomic E-state index is -0.713. The molecule has 5 N–H and O–H groups in total. The highest BCUT2D eigenvalue weighted by atomic mass is 35.5. The quantitative estimate of drug-likeness (QED) is 0.401. The van der Waals surface area contributed by atoms with E-state index in [2.05, 4.69) is 25.3 Å². The Morgan fingerprint density at radius 1 is 1.24 bits per heavy atom. The van der Waals surface area contributed by atoms with Crippen molar-refractivity contribution in [1.82, 2.24) is 24.5 Å². The second-order valence-electron chi connectivity index (χ2n) is 7.07. The molecule has 0 bridgehead atoms. The van der Waals surface area contributed by atoms with Gasteiger partial charge < -0.3 is 16.8 Å². The Morgan fingerprint density at radius 3 is 2.76 bits per heavy atom. The SMILES string of the molecule is Cc1ccncc1-n1c(CCNc2nc(N)nc(N)c2C#N)nc2ccc(F)c(Cl)c2c1=O. The van der Waals surface area contributed by atoms with Crippen molar-refractivity contribution in [3.05, 3.63) is 68.7 Å². The number of rotatable bonds is 5. The standard InChI is InChI=1S/C21H17ClFN9O/c1-10-4-6-27-9-14(10)32-15(29-13-3-2-12(23)17(22)16(13)20(32)33)5-7-28-19-11(8-24)18(25)30-21(26)31-19/h2-4,6,9H,5,7H2,1H3,(H5,25,26,28,30,31). The van der Waals surface area contributed by atoms with Crippen molar-refractivity contribution in [3.8, 4) is 11.8 Å². The van der Waals surface area contributed by atoms with Crippen LogP contribution in [0.3, 0.4) is 0 Å². The van der Waals surface area contributed by atoms with E-state index < -0.39 is 11.4 Å². The maximum atomic E-state index is 14.1. The van der Waals surface area contributed by atoms with Crippen LogP contribution in [0.1, 0.15) is 17.0 Å². The van der Waals surface area contributed by atoms with E-state index in [1.54, 1.807) is 12.3 Å². The molecule has 0 aliphatic carbocycles. The minimum Gasteiger partial charge on any atom is -0.382 e. The monoisotopic (exact) mass is 465 g/mol. The van der Waals surface area contributed by atoms with Crippen molar-refractivity contribution in [2.45, 2.75) is 13.3 Å². The van der Waals surface area contributed by atoms with Gasteiger partial charge >= 0.3 is 0 Å². The second kappa shape index (κ2) is 8.68. The van der Waals surface area contributed by atoms with E-state index in [0.717, 1.165) is 11.6 Å². The molecule has 33 heavy (non-hydrogen) atoms. The number of aromatic nitrogens is 5. The molecular formula is C21H17ClFN9O. The minimum absolute atomic E-state index is 0.0280. The number of nitrogens with two attached hydrogens (primary N) is 2. The molecule has 12 heteroatoms. The number of fused-ring (bicyclic) bond motifs is 1. The molecule has 10 nitrogen and oxygen atoms in total. The highest BCUT2D eigenvalue weighted by molar-refractivity contribution is 6.35. The first-order valence-corrected chi connectivity index (χ1v) is 10.1. The van der Waals surface area contributed by atoms with E-state index in [9.17, 15) is 14.4 Å². The Hall–Kier alpha value is -4.30. The van der Waals surface area contributed by atoms with Crippen LogP contribution < -0.4 is 22.3 Å². The van der Waals surface area contributed by atoms with Crippen LogP contribution in [-0.2, 0) is 6.42 Å². The van der Waals surface area contributed by atoms with Crippen molar-refractivity contribution in [1.29, 1.82) is 5.26 Å². The lowest BCUT2D eigenvalue weighted by atomic mass is 10.2. The van der Waals surface area contributed by atoms with Gasteiger partial charge in [0.05, 0.1) is 27.8 Å². The normalized spacial score (nSPS) is 10.8. The molecular weight excluding hydrogens is 449 g/mol. The third-order valence-electron chi connectivity index (χ3n) is 4.96. The topological polar surface area (TPSA) is 161 Å². The van der Waals surface area contributed by atoms with E-state index in [-0.39, 0.29) is 52.0 Å². The number of nitrogen functional groups attached to an aromatic ring is 2. The van der Waals surface area contributed by atoms with E-state index in [1.807, 2.05) is 13.0 Å². The first kappa shape index (κ1) is 21.9. The van der Waals surface area contributed by atoms with Crippen LogP contribution in [-0.4, -0.2) is 31.0 Å². The van der Waals surface area contributed by atoms with Crippen LogP contribution in [0.2, 0.25) is 5.02 Å². The fraction of sp³-hybridized carbons (Fsp3) is 0.143. The van der Waals surface area contributed by atoms with Crippen molar-refractivity contribution < 1.29 is 4.39 Å². The first-order valence-electron chi connectivity index (χ1n) is 9.69. The molecule has 0 radical (unpaired) electrons. The van der Waals surface area contributed by atoms with Gasteiger partial charge in [-0.3, -0.25) is 14.3 Å². The lowest BCUT2D eigenvalue weighted by Gasteiger charge is -2.16. The molecule has 166 valence electrons. The Bertz CT molecular complexity index is 1500. The van der Waals surface area contributed by atoms with Gasteiger partial charge in [0.15, 0.2) is 5.82 Å². The summed E-state index contributed by atoms with van der Waals surface area (Å²) in [6, 6.07) is 6.23. The number of nitriles is 1. The molecule has 0 atom stereocenters. The average Bonchev–Trinajstić information content (AvgIpc) is 2.77. The fourth-order valence-electron chi connectivity index (χ4n) is 3.39. The van der Waals surface area contributed by atoms with Gasteiger partial charge in [-0.15, -0.1) is 0 Å². The molecule has 0 amide bonds. The summed E-state index contributed by atoms with van der Waals surface area (Å²) < 4.78 is 15.4. The fourth-order valence-corrected chi connectivity index (χ4v) is 3.63. The highest BCUT2D eigenvalue weighted by Gasteiger charge is 2.19. The maximum absolute atomic E-state index is 14.1. The average molecular weight is 466 g/mol. The number of benzene rings is 1. The number of hydrogen-bond donors (Lipinski definition) is 3. The number of halogens is 2. The van der Waals surface area contributed by atoms with E-state index in [0.29, 0.717) is 11.5 Å². The molecule has 4 aromatic rings. The molecule has 0 aliphatic heterocycles. The molecule has 3 aromatic heterocycles. The van der Waals surface area contributed by atoms with Crippen molar-refractivity contribution in [2.24, 2.45) is 0 Å². The van der Waals surface area contributed by atoms with Crippen LogP contribution >= 0.6 is 11.6 Å². The van der Waals surface area contributed by atoms with Crippen LogP contribution in [0.4, 0.5) is 22.0 Å². The summed E-state index contributed by atoms with van der Waals surface area (Å²) in [6.07, 6.45) is 3.34. The maximum Gasteiger partial charge on any atom is 0.267 e. The summed E-state index contributed by atoms with van der Waals surface area (Å²) >= 11 is 6.11. The second-order valence-corrected chi connectivity index (χ2v) is 7.44. The Balaban J connectivity index is 1.80. The van der Waals surface area contributed by atoms with Gasteiger partial charge in [0.1, 0.15) is 29.1 Å². The zero-order chi connectivity index (χ0) is 23.7. The van der Waals surface area contributed by atoms with E-state index in [4.69, 9.17) is 23.1 Å². The summed E-state index contributed by atoms with van der Waals surface area (Å²) in [5, 5.41) is 12.0. The van der Waals surface area contributed by atoms with Crippen LogP contribution in [0.5, 0.6) is 0 Å². The molecule has 4 rings (SSSR count). The summed E-state index contributed by atoms with van der Waals surface area (Å²) in [5.74, 6) is -0.310. The van der Waals surface area contributed by atoms with Crippen molar-refractivity contribution >= 4 is 40.1 Å². The third-order valence-corrected chi connectivity index (χ3v) is 5.33. The van der Waals surface area contributed by atoms with Gasteiger partial charge in [-0.1, -0.05) is 11.6 Å². The van der Waals surface area contributed by atoms with E-state index >= 15 is 0 Å². The summed E-state index contributed by atoms with van der Waals surface area (Å²) in [5.41, 5.74) is 12.4. The van der Waals surface area contributed by atoms with Gasteiger partial charge in [-0.05, 0) is 30.7 Å². The number of nitrogens with zero attached hydrogens (tertiary/aromatic N) is 6. The van der Waals surface area contributed by atoms with Gasteiger partial charge in [-0.25, -0.2) is 9.37 Å². The number of aryl methyl sites for hydroxylation is 1. The van der Waals surface area contributed by atoms with E-state index in [1.165, 1.54) is 16.8 Å². The molecule has 0 saturated heterocycles. The summed E-state index contributed by atoms with van der Waals surface area (Å²) in [7, 11) is 0. The molecule has 0 unspecified atom stereocenters. The predicted octanol–water partition coefficient (Wildman–Crippen LogP) is 2.36. The molecule has 1 aromatic carbocycles. The van der Waals surface area contributed by atoms with Crippen molar-refractivity contribution in [2.75, 3.05) is 23.3 Å². The van der Waals surface area contributed by atoms with Gasteiger partial charge in [-0.2, -0.15) is 15.2 Å². The van der Waals surface area contributed by atoms with Crippen LogP contribution in [0.15, 0.2) is 35.4 Å². The smallest absolute Gasteiger partial charge is 0.267 e. The Kier molecular flexibility index (Phi) is 5.76. The third kappa shape index (κ3) is 3.99. The predicted molar refractivity (Wildman–Crippen MR) is 123 cm³/mol.